The van der Waals surface area contributed by atoms with Crippen LogP contribution in [0.3, 0.4) is 0 Å². The summed E-state index contributed by atoms with van der Waals surface area (Å²) in [7, 11) is -2.35. The second kappa shape index (κ2) is 5.19. The summed E-state index contributed by atoms with van der Waals surface area (Å²) in [5.74, 6) is -0.374. The highest BCUT2D eigenvalue weighted by molar-refractivity contribution is 7.89. The summed E-state index contributed by atoms with van der Waals surface area (Å²) in [6.45, 7) is 1.68. The average molecular weight is 287 g/mol. The summed E-state index contributed by atoms with van der Waals surface area (Å²) in [5.41, 5.74) is 0.551. The Balaban J connectivity index is 2.20. The molecule has 4 nitrogen and oxygen atoms in total. The number of nitrogens with zero attached hydrogens (tertiary/aromatic N) is 1. The molecular formula is C13H18FNO3S. The zero-order valence-corrected chi connectivity index (χ0v) is 11.8. The lowest BCUT2D eigenvalue weighted by Gasteiger charge is -2.20. The topological polar surface area (TPSA) is 57.6 Å². The Bertz CT molecular complexity index is 549. The molecule has 0 spiro atoms. The number of likely N-dealkylation sites (N-methyl/N-ethyl adjacent to an activating group) is 1. The number of aliphatic hydroxyl groups is 1. The molecule has 1 atom stereocenters. The molecule has 1 aromatic rings. The monoisotopic (exact) mass is 287 g/mol. The predicted octanol–water partition coefficient (Wildman–Crippen LogP) is 1.53. The van der Waals surface area contributed by atoms with E-state index in [2.05, 4.69) is 0 Å². The Morgan fingerprint density at radius 3 is 2.58 bits per heavy atom. The van der Waals surface area contributed by atoms with E-state index in [9.17, 15) is 17.9 Å². The molecule has 1 aliphatic carbocycles. The normalized spacial score (nSPS) is 17.7. The Morgan fingerprint density at radius 1 is 1.42 bits per heavy atom. The second-order valence-corrected chi connectivity index (χ2v) is 7.20. The van der Waals surface area contributed by atoms with E-state index < -0.39 is 21.9 Å². The third-order valence-corrected chi connectivity index (χ3v) is 5.14. The fraction of sp³-hybridized carbons (Fsp3) is 0.538. The Morgan fingerprint density at radius 2 is 2.05 bits per heavy atom. The van der Waals surface area contributed by atoms with Crippen molar-refractivity contribution in [2.24, 2.45) is 5.92 Å². The van der Waals surface area contributed by atoms with E-state index >= 15 is 0 Å². The lowest BCUT2D eigenvalue weighted by Crippen LogP contribution is -2.35. The summed E-state index contributed by atoms with van der Waals surface area (Å²) < 4.78 is 38.9. The molecule has 0 heterocycles. The molecule has 1 N–H and O–H groups in total. The molecule has 1 aliphatic rings. The molecule has 19 heavy (non-hydrogen) atoms. The van der Waals surface area contributed by atoms with Crippen molar-refractivity contribution in [3.63, 3.8) is 0 Å². The lowest BCUT2D eigenvalue weighted by atomic mass is 10.2. The van der Waals surface area contributed by atoms with Crippen molar-refractivity contribution in [1.82, 2.24) is 4.31 Å². The largest absolute Gasteiger partial charge is 0.391 e. The second-order valence-electron chi connectivity index (χ2n) is 5.15. The predicted molar refractivity (Wildman–Crippen MR) is 69.7 cm³/mol. The van der Waals surface area contributed by atoms with Gasteiger partial charge < -0.3 is 5.11 Å². The number of hydrogen-bond donors (Lipinski definition) is 1. The highest BCUT2D eigenvalue weighted by Crippen LogP contribution is 2.33. The van der Waals surface area contributed by atoms with Gasteiger partial charge in [0.25, 0.3) is 0 Å². The van der Waals surface area contributed by atoms with Gasteiger partial charge in [0.1, 0.15) is 5.82 Å². The summed E-state index contributed by atoms with van der Waals surface area (Å²) in [6.07, 6.45) is 1.23. The van der Waals surface area contributed by atoms with Gasteiger partial charge in [0.15, 0.2) is 0 Å². The number of aryl methyl sites for hydroxylation is 1. The zero-order valence-electron chi connectivity index (χ0n) is 11.0. The molecular weight excluding hydrogens is 269 g/mol. The molecule has 1 fully saturated rings. The SMILES string of the molecule is Cc1cc(F)cc(S(=O)(=O)N(C)CC(O)C2CC2)c1. The van der Waals surface area contributed by atoms with E-state index in [1.165, 1.54) is 19.2 Å². The third-order valence-electron chi connectivity index (χ3n) is 3.33. The number of hydrogen-bond acceptors (Lipinski definition) is 3. The first kappa shape index (κ1) is 14.4. The van der Waals surface area contributed by atoms with Crippen molar-refractivity contribution in [1.29, 1.82) is 0 Å². The lowest BCUT2D eigenvalue weighted by molar-refractivity contribution is 0.131. The average Bonchev–Trinajstić information content (AvgIpc) is 3.10. The molecule has 1 unspecified atom stereocenters. The van der Waals surface area contributed by atoms with Crippen molar-refractivity contribution in [2.75, 3.05) is 13.6 Å². The third kappa shape index (κ3) is 3.32. The van der Waals surface area contributed by atoms with Crippen LogP contribution in [0, 0.1) is 18.7 Å². The molecule has 6 heteroatoms. The Kier molecular flexibility index (Phi) is 3.94. The van der Waals surface area contributed by atoms with Gasteiger partial charge in [-0.2, -0.15) is 4.31 Å². The number of benzene rings is 1. The van der Waals surface area contributed by atoms with Crippen LogP contribution < -0.4 is 0 Å². The van der Waals surface area contributed by atoms with Gasteiger partial charge >= 0.3 is 0 Å². The molecule has 0 saturated heterocycles. The van der Waals surface area contributed by atoms with Gasteiger partial charge in [-0.05, 0) is 49.4 Å². The van der Waals surface area contributed by atoms with Gasteiger partial charge in [-0.1, -0.05) is 0 Å². The number of halogens is 1. The van der Waals surface area contributed by atoms with E-state index in [0.717, 1.165) is 23.2 Å². The molecule has 0 amide bonds. The number of aliphatic hydroxyl groups excluding tert-OH is 1. The highest BCUT2D eigenvalue weighted by atomic mass is 32.2. The van der Waals surface area contributed by atoms with Crippen molar-refractivity contribution in [3.8, 4) is 0 Å². The highest BCUT2D eigenvalue weighted by Gasteiger charge is 2.33. The van der Waals surface area contributed by atoms with E-state index in [1.54, 1.807) is 6.92 Å². The van der Waals surface area contributed by atoms with E-state index in [0.29, 0.717) is 5.56 Å². The fourth-order valence-electron chi connectivity index (χ4n) is 2.02. The minimum absolute atomic E-state index is 0.0442. The summed E-state index contributed by atoms with van der Waals surface area (Å²) in [6, 6.07) is 3.71. The quantitative estimate of drug-likeness (QED) is 0.893. The van der Waals surface area contributed by atoms with Crippen molar-refractivity contribution >= 4 is 10.0 Å². The molecule has 0 radical (unpaired) electrons. The summed E-state index contributed by atoms with van der Waals surface area (Å²) >= 11 is 0. The van der Waals surface area contributed by atoms with Crippen molar-refractivity contribution < 1.29 is 17.9 Å². The summed E-state index contributed by atoms with van der Waals surface area (Å²) in [4.78, 5) is -0.0736. The first-order valence-electron chi connectivity index (χ1n) is 6.22. The van der Waals surface area contributed by atoms with Crippen LogP contribution in [0.15, 0.2) is 23.1 Å². The number of rotatable bonds is 5. The first-order chi connectivity index (χ1) is 8.80. The number of sulfonamides is 1. The molecule has 1 saturated carbocycles. The minimum Gasteiger partial charge on any atom is -0.391 e. The van der Waals surface area contributed by atoms with Crippen LogP contribution in [0.25, 0.3) is 0 Å². The van der Waals surface area contributed by atoms with Crippen molar-refractivity contribution in [2.45, 2.75) is 30.8 Å². The van der Waals surface area contributed by atoms with Crippen LogP contribution in [0.1, 0.15) is 18.4 Å². The van der Waals surface area contributed by atoms with Gasteiger partial charge in [-0.25, -0.2) is 12.8 Å². The Labute approximate surface area is 112 Å². The maximum Gasteiger partial charge on any atom is 0.243 e. The van der Waals surface area contributed by atoms with Gasteiger partial charge in [-0.3, -0.25) is 0 Å². The standard InChI is InChI=1S/C13H18FNO3S/c1-9-5-11(14)7-12(6-9)19(17,18)15(2)8-13(16)10-3-4-10/h5-7,10,13,16H,3-4,8H2,1-2H3. The van der Waals surface area contributed by atoms with Crippen LogP contribution in [0.4, 0.5) is 4.39 Å². The van der Waals surface area contributed by atoms with E-state index in [1.807, 2.05) is 0 Å². The molecule has 0 aliphatic heterocycles. The van der Waals surface area contributed by atoms with Gasteiger partial charge in [0.2, 0.25) is 10.0 Å². The van der Waals surface area contributed by atoms with Crippen LogP contribution in [0.5, 0.6) is 0 Å². The van der Waals surface area contributed by atoms with Gasteiger partial charge in [0, 0.05) is 13.6 Å². The fourth-order valence-corrected chi connectivity index (χ4v) is 3.33. The first-order valence-corrected chi connectivity index (χ1v) is 7.66. The smallest absolute Gasteiger partial charge is 0.243 e. The van der Waals surface area contributed by atoms with Crippen LogP contribution in [0.2, 0.25) is 0 Å². The molecule has 106 valence electrons. The van der Waals surface area contributed by atoms with Crippen LogP contribution >= 0.6 is 0 Å². The van der Waals surface area contributed by atoms with Crippen LogP contribution in [-0.2, 0) is 10.0 Å². The van der Waals surface area contributed by atoms with E-state index in [-0.39, 0.29) is 17.4 Å². The minimum atomic E-state index is -3.75. The molecule has 1 aromatic carbocycles. The van der Waals surface area contributed by atoms with Crippen LogP contribution in [-0.4, -0.2) is 37.5 Å². The molecule has 0 bridgehead atoms. The zero-order chi connectivity index (χ0) is 14.2. The van der Waals surface area contributed by atoms with Gasteiger partial charge in [0.05, 0.1) is 11.0 Å². The maximum absolute atomic E-state index is 13.3. The molecule has 0 aromatic heterocycles. The maximum atomic E-state index is 13.3. The van der Waals surface area contributed by atoms with E-state index in [4.69, 9.17) is 0 Å². The Hall–Kier alpha value is -0.980. The summed E-state index contributed by atoms with van der Waals surface area (Å²) in [5, 5.41) is 9.80. The molecule has 2 rings (SSSR count). The van der Waals surface area contributed by atoms with Crippen molar-refractivity contribution in [3.05, 3.63) is 29.6 Å². The van der Waals surface area contributed by atoms with Gasteiger partial charge in [-0.15, -0.1) is 0 Å².